The van der Waals surface area contributed by atoms with Crippen molar-refractivity contribution in [3.8, 4) is 0 Å². The molecule has 1 amide bonds. The van der Waals surface area contributed by atoms with E-state index in [1.807, 2.05) is 13.8 Å². The van der Waals surface area contributed by atoms with Crippen LogP contribution in [0.3, 0.4) is 0 Å². The monoisotopic (exact) mass is 493 g/mol. The summed E-state index contributed by atoms with van der Waals surface area (Å²) in [6.07, 6.45) is 4.47. The van der Waals surface area contributed by atoms with E-state index in [-0.39, 0.29) is 22.3 Å². The molecule has 0 aliphatic carbocycles. The normalized spacial score (nSPS) is 15.2. The minimum Gasteiger partial charge on any atom is -0.338 e. The molecular weight excluding hydrogens is 469 g/mol. The third-order valence-corrected chi connectivity index (χ3v) is 7.65. The molecule has 3 aromatic rings. The molecule has 3 heterocycles. The van der Waals surface area contributed by atoms with Crippen molar-refractivity contribution in [2.75, 3.05) is 29.6 Å². The van der Waals surface area contributed by atoms with E-state index in [4.69, 9.17) is 4.52 Å². The number of rotatable bonds is 6. The molecule has 1 aromatic carbocycles. The largest absolute Gasteiger partial charge is 0.338 e. The van der Waals surface area contributed by atoms with Crippen LogP contribution in [0.2, 0.25) is 0 Å². The first-order chi connectivity index (χ1) is 15.6. The van der Waals surface area contributed by atoms with Crippen LogP contribution in [0.5, 0.6) is 0 Å². The Labute approximate surface area is 194 Å². The summed E-state index contributed by atoms with van der Waals surface area (Å²) >= 11 is 1.35. The number of nitrogens with one attached hydrogen (secondary N) is 1. The quantitative estimate of drug-likeness (QED) is 0.550. The Bertz CT molecular complexity index is 1260. The van der Waals surface area contributed by atoms with Crippen LogP contribution in [0.4, 0.5) is 15.5 Å². The number of sulfone groups is 1. The standard InChI is InChI=1S/C21H24FN5O4S2/c1-12(2)19-25-20(26-31-19)27-8-6-13(7-9-27)17-11-23-21(32-17)24-18(28)15-5-4-14(10-16(15)22)33(3,29)30/h4-5,10-13H,6-9H2,1-3H3,(H,23,24,28). The molecule has 9 nitrogen and oxygen atoms in total. The van der Waals surface area contributed by atoms with Crippen molar-refractivity contribution in [2.45, 2.75) is 43.4 Å². The van der Waals surface area contributed by atoms with Crippen molar-refractivity contribution < 1.29 is 22.1 Å². The van der Waals surface area contributed by atoms with Crippen molar-refractivity contribution in [3.63, 3.8) is 0 Å². The molecule has 0 unspecified atom stereocenters. The molecule has 4 rings (SSSR count). The summed E-state index contributed by atoms with van der Waals surface area (Å²) in [6.45, 7) is 5.56. The lowest BCUT2D eigenvalue weighted by Gasteiger charge is -2.30. The maximum absolute atomic E-state index is 14.3. The Morgan fingerprint density at radius 2 is 2.03 bits per heavy atom. The zero-order chi connectivity index (χ0) is 23.8. The summed E-state index contributed by atoms with van der Waals surface area (Å²) in [7, 11) is -3.56. The van der Waals surface area contributed by atoms with E-state index >= 15 is 0 Å². The van der Waals surface area contributed by atoms with Gasteiger partial charge >= 0.3 is 0 Å². The van der Waals surface area contributed by atoms with Gasteiger partial charge in [-0.3, -0.25) is 10.1 Å². The smallest absolute Gasteiger partial charge is 0.266 e. The minimum atomic E-state index is -3.56. The van der Waals surface area contributed by atoms with Gasteiger partial charge in [0, 0.05) is 36.3 Å². The third-order valence-electron chi connectivity index (χ3n) is 5.46. The molecule has 1 aliphatic heterocycles. The SMILES string of the molecule is CC(C)c1nc(N2CCC(c3cnc(NC(=O)c4ccc(S(C)(=O)=O)cc4F)s3)CC2)no1. The zero-order valence-corrected chi connectivity index (χ0v) is 20.0. The first kappa shape index (κ1) is 23.3. The molecule has 0 atom stereocenters. The lowest BCUT2D eigenvalue weighted by molar-refractivity contribution is 0.102. The summed E-state index contributed by atoms with van der Waals surface area (Å²) in [4.78, 5) is 24.1. The number of thiazole rings is 1. The van der Waals surface area contributed by atoms with E-state index in [0.29, 0.717) is 17.0 Å². The second-order valence-corrected chi connectivity index (χ2v) is 11.4. The predicted molar refractivity (Wildman–Crippen MR) is 122 cm³/mol. The molecule has 1 fully saturated rings. The fourth-order valence-corrected chi connectivity index (χ4v) is 5.18. The third kappa shape index (κ3) is 5.22. The first-order valence-electron chi connectivity index (χ1n) is 10.5. The van der Waals surface area contributed by atoms with Gasteiger partial charge < -0.3 is 9.42 Å². The van der Waals surface area contributed by atoms with Gasteiger partial charge in [-0.1, -0.05) is 13.8 Å². The van der Waals surface area contributed by atoms with Crippen molar-refractivity contribution in [1.82, 2.24) is 15.1 Å². The van der Waals surface area contributed by atoms with Gasteiger partial charge in [0.1, 0.15) is 5.82 Å². The molecule has 0 bridgehead atoms. The highest BCUT2D eigenvalue weighted by atomic mass is 32.2. The van der Waals surface area contributed by atoms with Gasteiger partial charge in [-0.05, 0) is 42.1 Å². The lowest BCUT2D eigenvalue weighted by atomic mass is 9.96. The number of amides is 1. The summed E-state index contributed by atoms with van der Waals surface area (Å²) in [5, 5.41) is 7.03. The highest BCUT2D eigenvalue weighted by Crippen LogP contribution is 2.34. The molecule has 1 aliphatic rings. The maximum atomic E-state index is 14.3. The molecule has 1 N–H and O–H groups in total. The fourth-order valence-electron chi connectivity index (χ4n) is 3.56. The summed E-state index contributed by atoms with van der Waals surface area (Å²) in [6, 6.07) is 3.22. The van der Waals surface area contributed by atoms with Gasteiger partial charge in [0.15, 0.2) is 15.0 Å². The van der Waals surface area contributed by atoms with E-state index < -0.39 is 21.6 Å². The van der Waals surface area contributed by atoms with Crippen LogP contribution in [0.15, 0.2) is 33.8 Å². The topological polar surface area (TPSA) is 118 Å². The molecule has 12 heteroatoms. The number of anilines is 2. The lowest BCUT2D eigenvalue weighted by Crippen LogP contribution is -2.33. The molecular formula is C21H24FN5O4S2. The van der Waals surface area contributed by atoms with Gasteiger partial charge in [-0.25, -0.2) is 17.8 Å². The van der Waals surface area contributed by atoms with Crippen LogP contribution in [0.25, 0.3) is 0 Å². The molecule has 0 saturated carbocycles. The van der Waals surface area contributed by atoms with E-state index in [1.165, 1.54) is 17.4 Å². The number of carbonyl (C=O) groups is 1. The average Bonchev–Trinajstić information content (AvgIpc) is 3.43. The van der Waals surface area contributed by atoms with Crippen LogP contribution in [0.1, 0.15) is 59.7 Å². The number of aromatic nitrogens is 3. The molecule has 176 valence electrons. The Kier molecular flexibility index (Phi) is 6.48. The van der Waals surface area contributed by atoms with Crippen LogP contribution < -0.4 is 10.2 Å². The first-order valence-corrected chi connectivity index (χ1v) is 13.2. The number of nitrogens with zero attached hydrogens (tertiary/aromatic N) is 4. The number of benzene rings is 1. The van der Waals surface area contributed by atoms with Gasteiger partial charge in [0.05, 0.1) is 10.5 Å². The molecule has 0 spiro atoms. The Morgan fingerprint density at radius 3 is 2.64 bits per heavy atom. The van der Waals surface area contributed by atoms with Crippen molar-refractivity contribution in [1.29, 1.82) is 0 Å². The second-order valence-electron chi connectivity index (χ2n) is 8.28. The number of halogens is 1. The van der Waals surface area contributed by atoms with Crippen molar-refractivity contribution in [3.05, 3.63) is 46.5 Å². The minimum absolute atomic E-state index is 0.180. The van der Waals surface area contributed by atoms with E-state index in [0.717, 1.165) is 49.2 Å². The highest BCUT2D eigenvalue weighted by Gasteiger charge is 2.26. The van der Waals surface area contributed by atoms with E-state index in [1.54, 1.807) is 6.20 Å². The number of hydrogen-bond acceptors (Lipinski definition) is 9. The van der Waals surface area contributed by atoms with Gasteiger partial charge in [0.25, 0.3) is 11.9 Å². The van der Waals surface area contributed by atoms with Gasteiger partial charge in [-0.15, -0.1) is 11.3 Å². The predicted octanol–water partition coefficient (Wildman–Crippen LogP) is 3.83. The number of piperidine rings is 1. The summed E-state index contributed by atoms with van der Waals surface area (Å²) in [5.74, 6) is 0.117. The molecule has 0 radical (unpaired) electrons. The summed E-state index contributed by atoms with van der Waals surface area (Å²) < 4.78 is 42.7. The average molecular weight is 494 g/mol. The molecule has 33 heavy (non-hydrogen) atoms. The van der Waals surface area contributed by atoms with Crippen molar-refractivity contribution in [2.24, 2.45) is 0 Å². The van der Waals surface area contributed by atoms with Crippen LogP contribution in [-0.4, -0.2) is 48.8 Å². The highest BCUT2D eigenvalue weighted by molar-refractivity contribution is 7.90. The second kappa shape index (κ2) is 9.18. The van der Waals surface area contributed by atoms with E-state index in [2.05, 4.69) is 25.3 Å². The fraction of sp³-hybridized carbons (Fsp3) is 0.429. The molecule has 1 saturated heterocycles. The van der Waals surface area contributed by atoms with Crippen molar-refractivity contribution >= 4 is 38.2 Å². The zero-order valence-electron chi connectivity index (χ0n) is 18.4. The Hall–Kier alpha value is -2.86. The van der Waals surface area contributed by atoms with Crippen LogP contribution >= 0.6 is 11.3 Å². The Morgan fingerprint density at radius 1 is 1.30 bits per heavy atom. The number of hydrogen-bond donors (Lipinski definition) is 1. The van der Waals surface area contributed by atoms with E-state index in [9.17, 15) is 17.6 Å². The summed E-state index contributed by atoms with van der Waals surface area (Å²) in [5.41, 5.74) is -0.242. The maximum Gasteiger partial charge on any atom is 0.266 e. The van der Waals surface area contributed by atoms with Crippen LogP contribution in [-0.2, 0) is 9.84 Å². The van der Waals surface area contributed by atoms with Crippen LogP contribution in [0, 0.1) is 5.82 Å². The number of carbonyl (C=O) groups excluding carboxylic acids is 1. The Balaban J connectivity index is 1.37. The van der Waals surface area contributed by atoms with Gasteiger partial charge in [-0.2, -0.15) is 4.98 Å². The van der Waals surface area contributed by atoms with Gasteiger partial charge in [0.2, 0.25) is 5.89 Å². The molecule has 2 aromatic heterocycles.